The number of anilines is 2. The number of carbonyl (C=O) groups excluding carboxylic acids is 2. The number of hydrogen-bond donors (Lipinski definition) is 2. The number of benzene rings is 3. The number of rotatable bonds is 9. The van der Waals surface area contributed by atoms with Crippen LogP contribution in [0.1, 0.15) is 29.2 Å². The fourth-order valence-electron chi connectivity index (χ4n) is 3.51. The average molecular weight is 518 g/mol. The summed E-state index contributed by atoms with van der Waals surface area (Å²) in [7, 11) is 0. The Balaban J connectivity index is 1.78. The molecule has 0 aliphatic carbocycles. The van der Waals surface area contributed by atoms with E-state index in [-0.39, 0.29) is 34.6 Å². The van der Waals surface area contributed by atoms with Crippen molar-refractivity contribution in [1.29, 1.82) is 5.26 Å². The van der Waals surface area contributed by atoms with E-state index in [9.17, 15) is 14.9 Å². The molecule has 0 unspecified atom stereocenters. The summed E-state index contributed by atoms with van der Waals surface area (Å²) in [6.07, 6.45) is 1.41. The number of ether oxygens (including phenoxy) is 2. The minimum Gasteiger partial charge on any atom is -0.490 e. The molecule has 190 valence electrons. The van der Waals surface area contributed by atoms with Gasteiger partial charge < -0.3 is 20.1 Å². The van der Waals surface area contributed by atoms with E-state index >= 15 is 0 Å². The van der Waals surface area contributed by atoms with E-state index in [4.69, 9.17) is 21.1 Å². The Labute approximate surface area is 221 Å². The normalized spacial score (nSPS) is 10.9. The Hall–Kier alpha value is -4.28. The zero-order valence-electron chi connectivity index (χ0n) is 21.1. The lowest BCUT2D eigenvalue weighted by atomic mass is 10.1. The van der Waals surface area contributed by atoms with Crippen LogP contribution in [0.3, 0.4) is 0 Å². The largest absolute Gasteiger partial charge is 0.490 e. The van der Waals surface area contributed by atoms with Crippen molar-refractivity contribution in [2.75, 3.05) is 23.8 Å². The lowest BCUT2D eigenvalue weighted by Crippen LogP contribution is -2.21. The molecule has 3 aromatic rings. The van der Waals surface area contributed by atoms with Crippen LogP contribution in [0, 0.1) is 32.1 Å². The van der Waals surface area contributed by atoms with Crippen molar-refractivity contribution >= 4 is 40.9 Å². The average Bonchev–Trinajstić information content (AvgIpc) is 2.84. The molecule has 0 atom stereocenters. The fourth-order valence-corrected chi connectivity index (χ4v) is 3.78. The number of nitrogens with one attached hydrogen (secondary N) is 2. The van der Waals surface area contributed by atoms with Gasteiger partial charge >= 0.3 is 0 Å². The van der Waals surface area contributed by atoms with Crippen LogP contribution in [0.15, 0.2) is 60.2 Å². The van der Waals surface area contributed by atoms with Crippen LogP contribution in [0.25, 0.3) is 6.08 Å². The molecule has 2 amide bonds. The summed E-state index contributed by atoms with van der Waals surface area (Å²) < 4.78 is 11.4. The van der Waals surface area contributed by atoms with E-state index < -0.39 is 5.91 Å². The van der Waals surface area contributed by atoms with Crippen LogP contribution in [0.5, 0.6) is 11.5 Å². The van der Waals surface area contributed by atoms with Gasteiger partial charge in [-0.05, 0) is 86.4 Å². The van der Waals surface area contributed by atoms with Crippen LogP contribution >= 0.6 is 11.6 Å². The molecular formula is C29H28ClN3O4. The summed E-state index contributed by atoms with van der Waals surface area (Å²) in [5.74, 6) is -0.418. The number of carbonyl (C=O) groups is 2. The van der Waals surface area contributed by atoms with Gasteiger partial charge in [-0.3, -0.25) is 9.59 Å². The lowest BCUT2D eigenvalue weighted by Gasteiger charge is -2.15. The van der Waals surface area contributed by atoms with Crippen molar-refractivity contribution in [3.05, 3.63) is 87.4 Å². The summed E-state index contributed by atoms with van der Waals surface area (Å²) in [6.45, 7) is 7.58. The predicted molar refractivity (Wildman–Crippen MR) is 146 cm³/mol. The highest BCUT2D eigenvalue weighted by atomic mass is 35.5. The van der Waals surface area contributed by atoms with Gasteiger partial charge in [0.25, 0.3) is 11.8 Å². The van der Waals surface area contributed by atoms with Crippen LogP contribution < -0.4 is 20.1 Å². The van der Waals surface area contributed by atoms with Gasteiger partial charge in [-0.1, -0.05) is 35.9 Å². The van der Waals surface area contributed by atoms with E-state index in [0.29, 0.717) is 23.5 Å². The first-order chi connectivity index (χ1) is 17.7. The first kappa shape index (κ1) is 27.3. The van der Waals surface area contributed by atoms with Crippen molar-refractivity contribution in [1.82, 2.24) is 0 Å². The van der Waals surface area contributed by atoms with Gasteiger partial charge in [0.15, 0.2) is 18.1 Å². The van der Waals surface area contributed by atoms with Crippen LogP contribution in [0.2, 0.25) is 5.02 Å². The van der Waals surface area contributed by atoms with Gasteiger partial charge in [0.05, 0.1) is 11.6 Å². The first-order valence-electron chi connectivity index (χ1n) is 11.7. The summed E-state index contributed by atoms with van der Waals surface area (Å²) in [5.41, 5.74) is 4.59. The molecule has 0 aliphatic rings. The van der Waals surface area contributed by atoms with Gasteiger partial charge in [0.1, 0.15) is 11.6 Å². The number of hydrogen-bond acceptors (Lipinski definition) is 5. The number of aryl methyl sites for hydroxylation is 3. The molecule has 0 bridgehead atoms. The Morgan fingerprint density at radius 3 is 2.46 bits per heavy atom. The second-order valence-electron chi connectivity index (χ2n) is 8.41. The SMILES string of the molecule is CCOc1cc(/C=C(\C#N)C(=O)Nc2cccc(C)c2)cc(Cl)c1OCC(=O)Nc1cc(C)ccc1C. The minimum absolute atomic E-state index is 0.110. The third-order valence-electron chi connectivity index (χ3n) is 5.30. The lowest BCUT2D eigenvalue weighted by molar-refractivity contribution is -0.118. The maximum absolute atomic E-state index is 12.7. The molecule has 37 heavy (non-hydrogen) atoms. The van der Waals surface area contributed by atoms with Crippen molar-refractivity contribution in [3.63, 3.8) is 0 Å². The molecule has 0 aromatic heterocycles. The van der Waals surface area contributed by atoms with Gasteiger partial charge in [0.2, 0.25) is 0 Å². The molecule has 0 saturated carbocycles. The molecule has 2 N–H and O–H groups in total. The van der Waals surface area contributed by atoms with Crippen molar-refractivity contribution in [3.8, 4) is 17.6 Å². The number of nitriles is 1. The maximum atomic E-state index is 12.7. The number of amides is 2. The van der Waals surface area contributed by atoms with Gasteiger partial charge in [-0.15, -0.1) is 0 Å². The minimum atomic E-state index is -0.550. The molecule has 0 saturated heterocycles. The molecule has 3 aromatic carbocycles. The van der Waals surface area contributed by atoms with E-state index in [2.05, 4.69) is 10.6 Å². The van der Waals surface area contributed by atoms with Crippen molar-refractivity contribution in [2.24, 2.45) is 0 Å². The van der Waals surface area contributed by atoms with E-state index in [1.54, 1.807) is 31.2 Å². The molecular weight excluding hydrogens is 490 g/mol. The quantitative estimate of drug-likeness (QED) is 0.259. The molecule has 0 fully saturated rings. The standard InChI is InChI=1S/C29H28ClN3O4/c1-5-36-26-15-21(13-22(16-31)29(35)32-23-8-6-7-18(2)11-23)14-24(30)28(26)37-17-27(34)33-25-12-19(3)9-10-20(25)4/h6-15H,5,17H2,1-4H3,(H,32,35)(H,33,34)/b22-13+. The zero-order chi connectivity index (χ0) is 26.9. The molecule has 0 spiro atoms. The van der Waals surface area contributed by atoms with E-state index in [1.165, 1.54) is 6.08 Å². The Morgan fingerprint density at radius 2 is 1.76 bits per heavy atom. The van der Waals surface area contributed by atoms with Crippen molar-refractivity contribution in [2.45, 2.75) is 27.7 Å². The number of halogens is 1. The summed E-state index contributed by atoms with van der Waals surface area (Å²) >= 11 is 6.46. The monoisotopic (exact) mass is 517 g/mol. The third kappa shape index (κ3) is 7.60. The smallest absolute Gasteiger partial charge is 0.266 e. The predicted octanol–water partition coefficient (Wildman–Crippen LogP) is 6.23. The summed E-state index contributed by atoms with van der Waals surface area (Å²) in [5, 5.41) is 15.3. The first-order valence-corrected chi connectivity index (χ1v) is 12.0. The Bertz CT molecular complexity index is 1390. The maximum Gasteiger partial charge on any atom is 0.266 e. The van der Waals surface area contributed by atoms with Gasteiger partial charge in [0, 0.05) is 11.4 Å². The highest BCUT2D eigenvalue weighted by Crippen LogP contribution is 2.37. The summed E-state index contributed by atoms with van der Waals surface area (Å²) in [4.78, 5) is 25.2. The highest BCUT2D eigenvalue weighted by Gasteiger charge is 2.16. The van der Waals surface area contributed by atoms with Crippen LogP contribution in [-0.2, 0) is 9.59 Å². The molecule has 3 rings (SSSR count). The van der Waals surface area contributed by atoms with E-state index in [0.717, 1.165) is 16.7 Å². The fraction of sp³-hybridized carbons (Fsp3) is 0.207. The second-order valence-corrected chi connectivity index (χ2v) is 8.82. The molecule has 7 nitrogen and oxygen atoms in total. The highest BCUT2D eigenvalue weighted by molar-refractivity contribution is 6.32. The topological polar surface area (TPSA) is 100 Å². The van der Waals surface area contributed by atoms with Crippen LogP contribution in [0.4, 0.5) is 11.4 Å². The molecule has 0 radical (unpaired) electrons. The van der Waals surface area contributed by atoms with Gasteiger partial charge in [-0.2, -0.15) is 5.26 Å². The molecule has 0 heterocycles. The van der Waals surface area contributed by atoms with Crippen molar-refractivity contribution < 1.29 is 19.1 Å². The Kier molecular flexibility index (Phi) is 9.31. The summed E-state index contributed by atoms with van der Waals surface area (Å²) in [6, 6.07) is 18.1. The third-order valence-corrected chi connectivity index (χ3v) is 5.58. The number of nitrogens with zero attached hydrogens (tertiary/aromatic N) is 1. The zero-order valence-corrected chi connectivity index (χ0v) is 21.9. The van der Waals surface area contributed by atoms with E-state index in [1.807, 2.05) is 57.2 Å². The second kappa shape index (κ2) is 12.6. The van der Waals surface area contributed by atoms with Gasteiger partial charge in [-0.25, -0.2) is 0 Å². The molecule has 0 aliphatic heterocycles. The molecule has 8 heteroatoms. The Morgan fingerprint density at radius 1 is 1.00 bits per heavy atom. The van der Waals surface area contributed by atoms with Crippen LogP contribution in [-0.4, -0.2) is 25.0 Å².